The molecule has 0 saturated carbocycles. The van der Waals surface area contributed by atoms with Gasteiger partial charge in [-0.1, -0.05) is 31.5 Å². The number of halogens is 4. The van der Waals surface area contributed by atoms with Crippen LogP contribution >= 0.6 is 11.6 Å². The van der Waals surface area contributed by atoms with Crippen LogP contribution in [-0.2, 0) is 38.9 Å². The zero-order valence-corrected chi connectivity index (χ0v) is 32.6. The van der Waals surface area contributed by atoms with Crippen LogP contribution in [-0.4, -0.2) is 64.3 Å². The second-order valence-corrected chi connectivity index (χ2v) is 16.4. The van der Waals surface area contributed by atoms with Crippen molar-refractivity contribution in [1.29, 1.82) is 0 Å². The number of nitrogens with zero attached hydrogens (tertiary/aromatic N) is 1. The molecular formula is C39H49ClF3N3O7S. The quantitative estimate of drug-likeness (QED) is 0.0718. The predicted molar refractivity (Wildman–Crippen MR) is 201 cm³/mol. The summed E-state index contributed by atoms with van der Waals surface area (Å²) in [5, 5.41) is 6.75. The summed E-state index contributed by atoms with van der Waals surface area (Å²) >= 11 is 6.31. The standard InChI is InChI=1S/C39H49ClF3N3O7S/c1-25(24-52-33-13-16-45-32-10-5-7-26(2)36(32)33)19-27-11-14-38(37(47)50-4,46-31-9-6-8-30(40)23-31)15-12-28-21-35(53-54(48,49)39(41,42)43)34(22-29(28)20-27)51-18-17-44-3/h6,8-9,13,16,21-23,25-27,44,46H,5,7,10-12,14-15,17-20,24H2,1-4H3/t25-,26-,27+,38+/m1/s1. The van der Waals surface area contributed by atoms with E-state index in [1.807, 2.05) is 6.07 Å². The van der Waals surface area contributed by atoms with Crippen LogP contribution in [0.25, 0.3) is 0 Å². The molecule has 2 N–H and O–H groups in total. The number of fused-ring (bicyclic) bond motifs is 2. The maximum absolute atomic E-state index is 13.8. The number of carbonyl (C=O) groups excluding carboxylic acids is 1. The molecule has 0 spiro atoms. The average molecular weight is 796 g/mol. The SMILES string of the molecule is CNCCOc1cc2c(cc1OS(=O)(=O)C(F)(F)F)CC[C@](Nc1cccc(Cl)c1)(C(=O)OC)CC[C@@H](C[C@@H](C)COc1ccnc3c1[C@H](C)CCC3)C2. The third-order valence-corrected chi connectivity index (χ3v) is 11.5. The van der Waals surface area contributed by atoms with Gasteiger partial charge in [0.2, 0.25) is 0 Å². The summed E-state index contributed by atoms with van der Waals surface area (Å²) in [5.74, 6) is 0.00880. The minimum atomic E-state index is -6.02. The van der Waals surface area contributed by atoms with Crippen molar-refractivity contribution in [2.45, 2.75) is 88.6 Å². The van der Waals surface area contributed by atoms with Gasteiger partial charge in [0.25, 0.3) is 0 Å². The Labute approximate surface area is 320 Å². The Morgan fingerprint density at radius 3 is 2.56 bits per heavy atom. The van der Waals surface area contributed by atoms with E-state index in [1.54, 1.807) is 43.6 Å². The fraction of sp³-hybridized carbons (Fsp3) is 0.538. The number of ether oxygens (including phenoxy) is 3. The predicted octanol–water partition coefficient (Wildman–Crippen LogP) is 8.02. The second kappa shape index (κ2) is 17.8. The molecule has 3 aromatic rings. The number of esters is 1. The largest absolute Gasteiger partial charge is 0.534 e. The smallest absolute Gasteiger partial charge is 0.493 e. The van der Waals surface area contributed by atoms with E-state index in [4.69, 9.17) is 30.0 Å². The molecule has 0 amide bonds. The molecule has 0 aliphatic heterocycles. The van der Waals surface area contributed by atoms with Crippen LogP contribution in [0.3, 0.4) is 0 Å². The summed E-state index contributed by atoms with van der Waals surface area (Å²) in [5.41, 5.74) is -2.80. The van der Waals surface area contributed by atoms with Crippen molar-refractivity contribution in [3.05, 3.63) is 76.1 Å². The molecule has 4 atom stereocenters. The first-order valence-electron chi connectivity index (χ1n) is 18.3. The van der Waals surface area contributed by atoms with E-state index in [1.165, 1.54) is 18.7 Å². The molecule has 296 valence electrons. The fourth-order valence-electron chi connectivity index (χ4n) is 7.57. The van der Waals surface area contributed by atoms with Crippen molar-refractivity contribution in [3.8, 4) is 17.2 Å². The van der Waals surface area contributed by atoms with Gasteiger partial charge >= 0.3 is 21.6 Å². The molecule has 0 radical (unpaired) electrons. The molecule has 54 heavy (non-hydrogen) atoms. The molecule has 2 aliphatic rings. The van der Waals surface area contributed by atoms with Gasteiger partial charge in [0.05, 0.1) is 13.7 Å². The number of pyridine rings is 1. The number of hydrogen-bond acceptors (Lipinski definition) is 10. The van der Waals surface area contributed by atoms with Gasteiger partial charge in [0.1, 0.15) is 17.9 Å². The van der Waals surface area contributed by atoms with Crippen LogP contribution in [0.5, 0.6) is 17.2 Å². The molecule has 5 rings (SSSR count). The highest BCUT2D eigenvalue weighted by Crippen LogP contribution is 2.41. The van der Waals surface area contributed by atoms with Crippen LogP contribution < -0.4 is 24.3 Å². The molecule has 0 fully saturated rings. The zero-order valence-electron chi connectivity index (χ0n) is 31.1. The maximum atomic E-state index is 13.8. The van der Waals surface area contributed by atoms with Gasteiger partial charge in [-0.2, -0.15) is 21.6 Å². The number of nitrogens with one attached hydrogen (secondary N) is 2. The number of anilines is 1. The monoisotopic (exact) mass is 795 g/mol. The van der Waals surface area contributed by atoms with Crippen molar-refractivity contribution in [2.75, 3.05) is 39.2 Å². The van der Waals surface area contributed by atoms with Crippen LogP contribution in [0.4, 0.5) is 18.9 Å². The molecule has 0 unspecified atom stereocenters. The third-order valence-electron chi connectivity index (χ3n) is 10.3. The average Bonchev–Trinajstić information content (AvgIpc) is 3.18. The molecule has 0 saturated heterocycles. The summed E-state index contributed by atoms with van der Waals surface area (Å²) in [6.45, 7) is 5.13. The topological polar surface area (TPSA) is 125 Å². The first kappa shape index (κ1) is 41.4. The lowest BCUT2D eigenvalue weighted by molar-refractivity contribution is -0.146. The van der Waals surface area contributed by atoms with E-state index in [0.29, 0.717) is 61.0 Å². The van der Waals surface area contributed by atoms with Gasteiger partial charge in [-0.3, -0.25) is 4.98 Å². The fourth-order valence-corrected chi connectivity index (χ4v) is 8.22. The van der Waals surface area contributed by atoms with E-state index in [9.17, 15) is 26.4 Å². The molecule has 10 nitrogen and oxygen atoms in total. The Kier molecular flexibility index (Phi) is 13.7. The number of hydrogen-bond donors (Lipinski definition) is 2. The zero-order chi connectivity index (χ0) is 39.1. The summed E-state index contributed by atoms with van der Waals surface area (Å²) in [6, 6.07) is 11.7. The Hall–Kier alpha value is -3.75. The van der Waals surface area contributed by atoms with E-state index in [0.717, 1.165) is 36.3 Å². The minimum Gasteiger partial charge on any atom is -0.493 e. The molecular weight excluding hydrogens is 747 g/mol. The van der Waals surface area contributed by atoms with Crippen molar-refractivity contribution in [3.63, 3.8) is 0 Å². The summed E-state index contributed by atoms with van der Waals surface area (Å²) < 4.78 is 87.4. The van der Waals surface area contributed by atoms with Crippen molar-refractivity contribution in [2.24, 2.45) is 11.8 Å². The van der Waals surface area contributed by atoms with Crippen LogP contribution in [0.2, 0.25) is 5.02 Å². The van der Waals surface area contributed by atoms with Crippen LogP contribution in [0, 0.1) is 11.8 Å². The number of benzene rings is 2. The lowest BCUT2D eigenvalue weighted by Gasteiger charge is -2.34. The number of likely N-dealkylation sites (N-methyl/N-ethyl adjacent to an activating group) is 1. The number of methoxy groups -OCH3 is 1. The lowest BCUT2D eigenvalue weighted by atomic mass is 9.82. The molecule has 1 aromatic heterocycles. The number of rotatable bonds is 14. The molecule has 2 aliphatic carbocycles. The van der Waals surface area contributed by atoms with E-state index >= 15 is 0 Å². The van der Waals surface area contributed by atoms with Gasteiger partial charge < -0.3 is 29.0 Å². The Morgan fingerprint density at radius 2 is 1.83 bits per heavy atom. The van der Waals surface area contributed by atoms with E-state index in [-0.39, 0.29) is 37.0 Å². The van der Waals surface area contributed by atoms with Crippen molar-refractivity contribution in [1.82, 2.24) is 10.3 Å². The molecule has 1 heterocycles. The van der Waals surface area contributed by atoms with E-state index < -0.39 is 32.9 Å². The molecule has 2 aromatic carbocycles. The van der Waals surface area contributed by atoms with E-state index in [2.05, 4.69) is 29.5 Å². The van der Waals surface area contributed by atoms with Gasteiger partial charge in [-0.25, -0.2) is 4.79 Å². The number of aryl methyl sites for hydroxylation is 2. The second-order valence-electron chi connectivity index (χ2n) is 14.4. The van der Waals surface area contributed by atoms with Gasteiger partial charge in [0, 0.05) is 34.7 Å². The highest BCUT2D eigenvalue weighted by Gasteiger charge is 2.49. The van der Waals surface area contributed by atoms with Crippen LogP contribution in [0.1, 0.15) is 80.7 Å². The maximum Gasteiger partial charge on any atom is 0.534 e. The van der Waals surface area contributed by atoms with Crippen molar-refractivity contribution >= 4 is 33.4 Å². The Morgan fingerprint density at radius 1 is 1.06 bits per heavy atom. The first-order chi connectivity index (χ1) is 25.6. The Balaban J connectivity index is 1.51. The van der Waals surface area contributed by atoms with Gasteiger partial charge in [-0.05, 0) is 130 Å². The summed E-state index contributed by atoms with van der Waals surface area (Å²) in [7, 11) is -3.02. The van der Waals surface area contributed by atoms with Crippen molar-refractivity contribution < 1.29 is 44.8 Å². The normalized spacial score (nSPS) is 21.0. The number of aromatic nitrogens is 1. The molecule has 0 bridgehead atoms. The molecule has 15 heteroatoms. The number of carbonyl (C=O) groups is 1. The van der Waals surface area contributed by atoms with Gasteiger partial charge in [0.15, 0.2) is 11.5 Å². The minimum absolute atomic E-state index is 0.0354. The van der Waals surface area contributed by atoms with Gasteiger partial charge in [-0.15, -0.1) is 0 Å². The first-order valence-corrected chi connectivity index (χ1v) is 20.1. The highest BCUT2D eigenvalue weighted by molar-refractivity contribution is 7.88. The summed E-state index contributed by atoms with van der Waals surface area (Å²) in [4.78, 5) is 18.4. The Bertz CT molecular complexity index is 1880. The highest BCUT2D eigenvalue weighted by atomic mass is 35.5. The number of alkyl halides is 3. The lowest BCUT2D eigenvalue weighted by Crippen LogP contribution is -2.48. The van der Waals surface area contributed by atoms with Crippen LogP contribution in [0.15, 0.2) is 48.7 Å². The third kappa shape index (κ3) is 10.1. The summed E-state index contributed by atoms with van der Waals surface area (Å²) in [6.07, 6.45) is 7.33.